The summed E-state index contributed by atoms with van der Waals surface area (Å²) in [6.07, 6.45) is 19.8. The van der Waals surface area contributed by atoms with E-state index in [9.17, 15) is 13.6 Å². The zero-order valence-corrected chi connectivity index (χ0v) is 26.8. The van der Waals surface area contributed by atoms with Crippen LogP contribution in [0.2, 0.25) is 0 Å². The van der Waals surface area contributed by atoms with Gasteiger partial charge in [0.2, 0.25) is 11.7 Å². The third-order valence-electron chi connectivity index (χ3n) is 7.70. The molecule has 236 valence electrons. The van der Waals surface area contributed by atoms with Gasteiger partial charge >= 0.3 is 5.92 Å². The molecular formula is C34H49F2N5O2. The quantitative estimate of drug-likeness (QED) is 0.137. The molecule has 2 fully saturated rings. The van der Waals surface area contributed by atoms with E-state index in [0.29, 0.717) is 30.5 Å². The van der Waals surface area contributed by atoms with E-state index in [1.165, 1.54) is 25.3 Å². The van der Waals surface area contributed by atoms with Gasteiger partial charge < -0.3 is 19.6 Å². The fourth-order valence-electron chi connectivity index (χ4n) is 5.15. The Balaban J connectivity index is 0.00000151. The Hall–Kier alpha value is -3.67. The summed E-state index contributed by atoms with van der Waals surface area (Å²) in [5.74, 6) is -0.00236. The molecule has 1 saturated heterocycles. The number of piperazine rings is 1. The molecule has 1 N–H and O–H groups in total. The van der Waals surface area contributed by atoms with E-state index in [0.717, 1.165) is 56.1 Å². The summed E-state index contributed by atoms with van der Waals surface area (Å²) in [5.41, 5.74) is 3.03. The van der Waals surface area contributed by atoms with Crippen LogP contribution in [0.5, 0.6) is 0 Å². The van der Waals surface area contributed by atoms with Gasteiger partial charge in [-0.05, 0) is 51.7 Å². The summed E-state index contributed by atoms with van der Waals surface area (Å²) in [4.78, 5) is 22.1. The minimum absolute atomic E-state index is 0.0311. The van der Waals surface area contributed by atoms with Crippen molar-refractivity contribution in [1.29, 1.82) is 0 Å². The normalized spacial score (nSPS) is 18.3. The van der Waals surface area contributed by atoms with Crippen LogP contribution >= 0.6 is 0 Å². The molecule has 2 aliphatic rings. The average Bonchev–Trinajstić information content (AvgIpc) is 3.50. The van der Waals surface area contributed by atoms with Crippen molar-refractivity contribution in [3.8, 4) is 12.3 Å². The number of carbonyl (C=O) groups is 1. The summed E-state index contributed by atoms with van der Waals surface area (Å²) >= 11 is 0. The van der Waals surface area contributed by atoms with Crippen molar-refractivity contribution in [3.05, 3.63) is 59.9 Å². The number of rotatable bonds is 9. The highest BCUT2D eigenvalue weighted by Gasteiger charge is 2.33. The summed E-state index contributed by atoms with van der Waals surface area (Å²) in [7, 11) is 0. The number of nitrogens with zero attached hydrogens (tertiary/aromatic N) is 4. The molecule has 0 unspecified atom stereocenters. The lowest BCUT2D eigenvalue weighted by molar-refractivity contribution is -0.125. The monoisotopic (exact) mass is 597 g/mol. The second-order valence-corrected chi connectivity index (χ2v) is 11.3. The number of amides is 1. The molecule has 1 aromatic heterocycles. The van der Waals surface area contributed by atoms with Crippen LogP contribution in [0.4, 0.5) is 8.78 Å². The Morgan fingerprint density at radius 3 is 2.51 bits per heavy atom. The maximum Gasteiger partial charge on any atom is 0.304 e. The first-order chi connectivity index (χ1) is 20.4. The average molecular weight is 598 g/mol. The number of carbonyl (C=O) groups excluding carboxylic acids is 1. The van der Waals surface area contributed by atoms with Gasteiger partial charge in [-0.2, -0.15) is 8.78 Å². The Morgan fingerprint density at radius 1 is 1.28 bits per heavy atom. The highest BCUT2D eigenvalue weighted by atomic mass is 19.3. The van der Waals surface area contributed by atoms with E-state index in [4.69, 9.17) is 10.9 Å². The molecule has 1 aromatic rings. The lowest BCUT2D eigenvalue weighted by atomic mass is 9.84. The standard InChI is InChI=1S/C30H43F2N5O2.C4H6/c1-7-15-33-24(5)34-29(38)27(18-25-11-9-8-10-12-25)37-17-16-36(20-23(37)4)22(3)14-13-21(2)26-19-28(39-35-26)30(6,31)32;1-3-4-2/h7,13-15,19,25,27H,4,8-12,16-18,20H2,1-3,5-6H3,(H,33,34,38);1H,4H2,2H3/b15-7-,21-13+,22-14+;/t27-;/m0./s1. The van der Waals surface area contributed by atoms with E-state index in [-0.39, 0.29) is 11.9 Å². The molecule has 43 heavy (non-hydrogen) atoms. The predicted octanol–water partition coefficient (Wildman–Crippen LogP) is 7.66. The van der Waals surface area contributed by atoms with E-state index in [1.54, 1.807) is 13.1 Å². The highest BCUT2D eigenvalue weighted by molar-refractivity contribution is 5.99. The van der Waals surface area contributed by atoms with Gasteiger partial charge in [-0.3, -0.25) is 4.79 Å². The smallest absolute Gasteiger partial charge is 0.304 e. The fourth-order valence-corrected chi connectivity index (χ4v) is 5.15. The molecule has 1 aliphatic carbocycles. The molecule has 0 aromatic carbocycles. The van der Waals surface area contributed by atoms with Gasteiger partial charge in [-0.1, -0.05) is 62.9 Å². The zero-order chi connectivity index (χ0) is 32.0. The van der Waals surface area contributed by atoms with E-state index >= 15 is 0 Å². The molecule has 7 nitrogen and oxygen atoms in total. The van der Waals surface area contributed by atoms with Crippen molar-refractivity contribution in [2.75, 3.05) is 19.6 Å². The number of halogens is 2. The molecular weight excluding hydrogens is 548 g/mol. The third kappa shape index (κ3) is 11.5. The van der Waals surface area contributed by atoms with Crippen molar-refractivity contribution >= 4 is 17.3 Å². The summed E-state index contributed by atoms with van der Waals surface area (Å²) in [6, 6.07) is 0.987. The Bertz CT molecular complexity index is 1230. The first-order valence-electron chi connectivity index (χ1n) is 15.2. The fraction of sp³-hybridized carbons (Fsp3) is 0.559. The number of aliphatic imine (C=N–C) groups is 1. The summed E-state index contributed by atoms with van der Waals surface area (Å²) < 4.78 is 31.8. The van der Waals surface area contributed by atoms with Crippen LogP contribution in [0.15, 0.2) is 58.0 Å². The first kappa shape index (κ1) is 35.5. The van der Waals surface area contributed by atoms with Crippen LogP contribution in [-0.2, 0) is 10.7 Å². The van der Waals surface area contributed by atoms with E-state index < -0.39 is 11.7 Å². The molecule has 1 saturated carbocycles. The molecule has 1 amide bonds. The zero-order valence-electron chi connectivity index (χ0n) is 26.8. The number of terminal acetylenes is 1. The summed E-state index contributed by atoms with van der Waals surface area (Å²) in [6.45, 7) is 16.6. The molecule has 9 heteroatoms. The lowest BCUT2D eigenvalue weighted by Gasteiger charge is -2.43. The molecule has 1 atom stereocenters. The van der Waals surface area contributed by atoms with Gasteiger partial charge in [0.25, 0.3) is 0 Å². The van der Waals surface area contributed by atoms with Gasteiger partial charge in [0.1, 0.15) is 17.6 Å². The Morgan fingerprint density at radius 2 is 1.95 bits per heavy atom. The Kier molecular flexibility index (Phi) is 14.4. The number of hydrogen-bond donors (Lipinski definition) is 1. The number of hydrogen-bond acceptors (Lipinski definition) is 6. The number of aromatic nitrogens is 1. The predicted molar refractivity (Wildman–Crippen MR) is 171 cm³/mol. The number of nitrogens with one attached hydrogen (secondary N) is 1. The van der Waals surface area contributed by atoms with E-state index in [2.05, 4.69) is 37.8 Å². The van der Waals surface area contributed by atoms with E-state index in [1.807, 2.05) is 45.9 Å². The van der Waals surface area contributed by atoms with Gasteiger partial charge in [-0.25, -0.2) is 4.99 Å². The molecule has 1 aliphatic heterocycles. The minimum atomic E-state index is -3.07. The third-order valence-corrected chi connectivity index (χ3v) is 7.70. The SMILES string of the molecule is C#CCC.C=C1CN(/C(C)=C/C=C(\C)c2cc(C(C)(F)F)on2)CCN1[C@@H](CC1CCCCC1)C(=O)NC(C)=N/C=C\C. The van der Waals surface area contributed by atoms with Crippen molar-refractivity contribution in [2.45, 2.75) is 98.5 Å². The molecule has 0 bridgehead atoms. The van der Waals surface area contributed by atoms with Crippen molar-refractivity contribution in [3.63, 3.8) is 0 Å². The maximum atomic E-state index is 13.5. The highest BCUT2D eigenvalue weighted by Crippen LogP contribution is 2.31. The Labute approximate surface area is 256 Å². The van der Waals surface area contributed by atoms with Gasteiger partial charge in [0.15, 0.2) is 0 Å². The van der Waals surface area contributed by atoms with Crippen LogP contribution in [0, 0.1) is 18.3 Å². The van der Waals surface area contributed by atoms with Crippen LogP contribution in [-0.4, -0.2) is 52.4 Å². The molecule has 2 heterocycles. The number of amidine groups is 1. The molecule has 0 radical (unpaired) electrons. The van der Waals surface area contributed by atoms with Crippen LogP contribution in [0.1, 0.15) is 97.9 Å². The maximum absolute atomic E-state index is 13.5. The van der Waals surface area contributed by atoms with Gasteiger partial charge in [0, 0.05) is 50.1 Å². The van der Waals surface area contributed by atoms with Gasteiger partial charge in [-0.15, -0.1) is 12.3 Å². The van der Waals surface area contributed by atoms with Crippen LogP contribution < -0.4 is 5.32 Å². The first-order valence-corrected chi connectivity index (χ1v) is 15.2. The van der Waals surface area contributed by atoms with Crippen molar-refractivity contribution in [2.24, 2.45) is 10.9 Å². The van der Waals surface area contributed by atoms with Crippen LogP contribution in [0.3, 0.4) is 0 Å². The van der Waals surface area contributed by atoms with Crippen molar-refractivity contribution in [1.82, 2.24) is 20.3 Å². The summed E-state index contributed by atoms with van der Waals surface area (Å²) in [5, 5.41) is 6.78. The molecule has 3 rings (SSSR count). The topological polar surface area (TPSA) is 74.0 Å². The number of allylic oxidation sites excluding steroid dienone is 5. The molecule has 0 spiro atoms. The second-order valence-electron chi connectivity index (χ2n) is 11.3. The number of alkyl halides is 2. The van der Waals surface area contributed by atoms with Crippen molar-refractivity contribution < 1.29 is 18.1 Å². The minimum Gasteiger partial charge on any atom is -0.367 e. The second kappa shape index (κ2) is 17.4. The van der Waals surface area contributed by atoms with Crippen LogP contribution in [0.25, 0.3) is 5.57 Å². The largest absolute Gasteiger partial charge is 0.367 e. The van der Waals surface area contributed by atoms with Gasteiger partial charge in [0.05, 0.1) is 6.54 Å². The lowest BCUT2D eigenvalue weighted by Crippen LogP contribution is -2.54.